The van der Waals surface area contributed by atoms with Crippen molar-refractivity contribution in [2.24, 2.45) is 0 Å². The molecule has 5 rings (SSSR count). The van der Waals surface area contributed by atoms with Crippen LogP contribution in [0.15, 0.2) is 107 Å². The number of hydrogen-bond acceptors (Lipinski definition) is 10. The minimum atomic E-state index is -0.548. The first-order valence-electron chi connectivity index (χ1n) is 15.6. The molecule has 1 unspecified atom stereocenters. The molecule has 0 bridgehead atoms. The minimum absolute atomic E-state index is 0.00405. The van der Waals surface area contributed by atoms with Crippen LogP contribution in [0.25, 0.3) is 17.3 Å². The lowest BCUT2D eigenvalue weighted by Crippen LogP contribution is -2.30. The first-order chi connectivity index (χ1) is 24.7. The second-order valence-corrected chi connectivity index (χ2v) is 13.1. The van der Waals surface area contributed by atoms with E-state index in [4.69, 9.17) is 18.9 Å². The third-order valence-corrected chi connectivity index (χ3v) is 9.34. The molecule has 0 aliphatic heterocycles. The molecule has 262 valence electrons. The third kappa shape index (κ3) is 9.47. The molecule has 0 spiro atoms. The molecule has 1 atom stereocenters. The van der Waals surface area contributed by atoms with Crippen LogP contribution >= 0.6 is 23.1 Å². The summed E-state index contributed by atoms with van der Waals surface area (Å²) in [5.41, 5.74) is 2.94. The Labute approximate surface area is 304 Å². The molecule has 5 aromatic rings. The summed E-state index contributed by atoms with van der Waals surface area (Å²) in [7, 11) is 6.20. The maximum Gasteiger partial charge on any atom is 0.272 e. The van der Waals surface area contributed by atoms with Crippen molar-refractivity contribution in [3.8, 4) is 34.3 Å². The van der Waals surface area contributed by atoms with Crippen LogP contribution in [0.3, 0.4) is 0 Å². The van der Waals surface area contributed by atoms with E-state index in [0.29, 0.717) is 50.6 Å². The number of carbonyl (C=O) groups excluding carboxylic acids is 3. The van der Waals surface area contributed by atoms with Gasteiger partial charge in [-0.2, -0.15) is 0 Å². The zero-order valence-electron chi connectivity index (χ0n) is 28.5. The fraction of sp³-hybridized carbons (Fsp3) is 0.158. The van der Waals surface area contributed by atoms with Gasteiger partial charge in [-0.15, -0.1) is 23.1 Å². The van der Waals surface area contributed by atoms with Gasteiger partial charge in [0.1, 0.15) is 17.2 Å². The van der Waals surface area contributed by atoms with Gasteiger partial charge >= 0.3 is 0 Å². The molecule has 0 aliphatic carbocycles. The summed E-state index contributed by atoms with van der Waals surface area (Å²) in [6.45, 7) is 1.80. The number of nitrogens with zero attached hydrogens (tertiary/aromatic N) is 1. The molecular weight excluding hydrogens is 689 g/mol. The van der Waals surface area contributed by atoms with Gasteiger partial charge in [0.25, 0.3) is 11.8 Å². The van der Waals surface area contributed by atoms with Crippen molar-refractivity contribution in [2.45, 2.75) is 17.1 Å². The molecule has 1 aromatic heterocycles. The van der Waals surface area contributed by atoms with Crippen LogP contribution in [-0.4, -0.2) is 56.4 Å². The number of thiazole rings is 1. The van der Waals surface area contributed by atoms with Crippen LogP contribution in [0.1, 0.15) is 22.8 Å². The predicted octanol–water partition coefficient (Wildman–Crippen LogP) is 7.37. The molecule has 11 nitrogen and oxygen atoms in total. The van der Waals surface area contributed by atoms with E-state index in [1.165, 1.54) is 43.4 Å². The van der Waals surface area contributed by atoms with E-state index >= 15 is 0 Å². The average molecular weight is 725 g/mol. The fourth-order valence-corrected chi connectivity index (χ4v) is 6.38. The van der Waals surface area contributed by atoms with Gasteiger partial charge in [0.15, 0.2) is 16.6 Å². The number of aromatic nitrogens is 1. The van der Waals surface area contributed by atoms with Gasteiger partial charge in [0, 0.05) is 32.7 Å². The third-order valence-electron chi connectivity index (χ3n) is 7.47. The van der Waals surface area contributed by atoms with E-state index in [0.717, 1.165) is 10.5 Å². The highest BCUT2D eigenvalue weighted by Gasteiger charge is 2.19. The maximum absolute atomic E-state index is 13.6. The zero-order valence-corrected chi connectivity index (χ0v) is 30.1. The SMILES string of the molecule is COc1ccc(OC)c(/C=C(\NC(=O)c2ccccc2)C(=O)Nc2ccc(SC(C)C(=O)Nc3nc(-c4ccc(OC)c(OC)c4)cs3)cc2)c1. The van der Waals surface area contributed by atoms with Gasteiger partial charge in [-0.25, -0.2) is 4.98 Å². The number of rotatable bonds is 14. The number of methoxy groups -OCH3 is 4. The smallest absolute Gasteiger partial charge is 0.272 e. The summed E-state index contributed by atoms with van der Waals surface area (Å²) in [5, 5.41) is 10.4. The molecule has 1 heterocycles. The number of thioether (sulfide) groups is 1. The first-order valence-corrected chi connectivity index (χ1v) is 17.3. The van der Waals surface area contributed by atoms with E-state index in [1.807, 2.05) is 17.5 Å². The normalized spacial score (nSPS) is 11.6. The van der Waals surface area contributed by atoms with Gasteiger partial charge in [-0.1, -0.05) is 18.2 Å². The second-order valence-electron chi connectivity index (χ2n) is 10.8. The van der Waals surface area contributed by atoms with Crippen LogP contribution in [-0.2, 0) is 9.59 Å². The Morgan fingerprint density at radius 3 is 2.18 bits per heavy atom. The highest BCUT2D eigenvalue weighted by atomic mass is 32.2. The quantitative estimate of drug-likeness (QED) is 0.0792. The Kier molecular flexibility index (Phi) is 12.3. The Morgan fingerprint density at radius 1 is 0.784 bits per heavy atom. The highest BCUT2D eigenvalue weighted by molar-refractivity contribution is 8.00. The molecular formula is C38H36N4O7S2. The summed E-state index contributed by atoms with van der Waals surface area (Å²) < 4.78 is 21.5. The number of ether oxygens (including phenoxy) is 4. The average Bonchev–Trinajstić information content (AvgIpc) is 3.63. The Morgan fingerprint density at radius 2 is 1.49 bits per heavy atom. The van der Waals surface area contributed by atoms with E-state index in [9.17, 15) is 14.4 Å². The van der Waals surface area contributed by atoms with Gasteiger partial charge in [0.2, 0.25) is 5.91 Å². The highest BCUT2D eigenvalue weighted by Crippen LogP contribution is 2.34. The molecule has 13 heteroatoms. The molecule has 0 aliphatic rings. The maximum atomic E-state index is 13.6. The van der Waals surface area contributed by atoms with Crippen molar-refractivity contribution in [3.05, 3.63) is 113 Å². The lowest BCUT2D eigenvalue weighted by molar-refractivity contribution is -0.115. The van der Waals surface area contributed by atoms with Crippen molar-refractivity contribution < 1.29 is 33.3 Å². The number of carbonyl (C=O) groups is 3. The molecule has 0 saturated carbocycles. The van der Waals surface area contributed by atoms with Gasteiger partial charge < -0.3 is 34.9 Å². The molecule has 0 radical (unpaired) electrons. The standard InChI is InChI=1S/C38H36N4O7S2/c1-23(35(43)42-38-41-31(22-50-38)25-11-17-33(48-4)34(21-25)49-5)51-29-15-12-27(13-16-29)39-37(45)30(40-36(44)24-9-7-6-8-10-24)20-26-19-28(46-2)14-18-32(26)47-3/h6-23H,1-5H3,(H,39,45)(H,40,44)(H,41,42,43)/b30-20-. The van der Waals surface area contributed by atoms with Crippen molar-refractivity contribution in [3.63, 3.8) is 0 Å². The summed E-state index contributed by atoms with van der Waals surface area (Å²) in [6, 6.07) is 26.3. The second kappa shape index (κ2) is 17.2. The number of anilines is 2. The molecule has 0 fully saturated rings. The molecule has 4 aromatic carbocycles. The van der Waals surface area contributed by atoms with E-state index in [1.54, 1.807) is 100 Å². The van der Waals surface area contributed by atoms with Crippen molar-refractivity contribution in [1.82, 2.24) is 10.3 Å². The molecule has 3 N–H and O–H groups in total. The van der Waals surface area contributed by atoms with Crippen molar-refractivity contribution >= 4 is 57.7 Å². The summed E-state index contributed by atoms with van der Waals surface area (Å²) >= 11 is 2.69. The molecule has 51 heavy (non-hydrogen) atoms. The summed E-state index contributed by atoms with van der Waals surface area (Å²) in [6.07, 6.45) is 1.53. The van der Waals surface area contributed by atoms with E-state index in [2.05, 4.69) is 20.9 Å². The Bertz CT molecular complexity index is 2030. The Hall–Kier alpha value is -5.79. The van der Waals surface area contributed by atoms with E-state index < -0.39 is 17.1 Å². The first kappa shape index (κ1) is 36.5. The van der Waals surface area contributed by atoms with Crippen molar-refractivity contribution in [2.75, 3.05) is 39.1 Å². The Balaban J connectivity index is 1.24. The van der Waals surface area contributed by atoms with Crippen molar-refractivity contribution in [1.29, 1.82) is 0 Å². The minimum Gasteiger partial charge on any atom is -0.497 e. The van der Waals surface area contributed by atoms with Gasteiger partial charge in [-0.05, 0) is 85.8 Å². The van der Waals surface area contributed by atoms with Crippen LogP contribution in [0.5, 0.6) is 23.0 Å². The molecule has 0 saturated heterocycles. The van der Waals surface area contributed by atoms with Crippen LogP contribution in [0.4, 0.5) is 10.8 Å². The topological polar surface area (TPSA) is 137 Å². The van der Waals surface area contributed by atoms with Crippen LogP contribution < -0.4 is 34.9 Å². The van der Waals surface area contributed by atoms with E-state index in [-0.39, 0.29) is 11.6 Å². The molecule has 3 amide bonds. The fourth-order valence-electron chi connectivity index (χ4n) is 4.79. The van der Waals surface area contributed by atoms with Crippen LogP contribution in [0.2, 0.25) is 0 Å². The monoisotopic (exact) mass is 724 g/mol. The number of hydrogen-bond donors (Lipinski definition) is 3. The largest absolute Gasteiger partial charge is 0.497 e. The number of benzene rings is 4. The van der Waals surface area contributed by atoms with Gasteiger partial charge in [-0.3, -0.25) is 14.4 Å². The lowest BCUT2D eigenvalue weighted by Gasteiger charge is -2.14. The summed E-state index contributed by atoms with van der Waals surface area (Å²) in [4.78, 5) is 45.1. The lowest BCUT2D eigenvalue weighted by atomic mass is 10.1. The zero-order chi connectivity index (χ0) is 36.3. The summed E-state index contributed by atoms with van der Waals surface area (Å²) in [5.74, 6) is 1.04. The number of nitrogens with one attached hydrogen (secondary N) is 3. The van der Waals surface area contributed by atoms with Crippen LogP contribution in [0, 0.1) is 0 Å². The van der Waals surface area contributed by atoms with Gasteiger partial charge in [0.05, 0.1) is 39.4 Å². The predicted molar refractivity (Wildman–Crippen MR) is 201 cm³/mol. The number of amides is 3.